The summed E-state index contributed by atoms with van der Waals surface area (Å²) in [7, 11) is 0. The number of ether oxygens (including phenoxy) is 1. The van der Waals surface area contributed by atoms with E-state index in [1.807, 2.05) is 0 Å². The second-order valence-electron chi connectivity index (χ2n) is 7.46. The minimum Gasteiger partial charge on any atom is -0.372 e. The lowest BCUT2D eigenvalue weighted by Gasteiger charge is -2.26. The summed E-state index contributed by atoms with van der Waals surface area (Å²) in [6, 6.07) is 8.70. The van der Waals surface area contributed by atoms with Crippen molar-refractivity contribution in [1.82, 2.24) is 5.32 Å². The third-order valence-electron chi connectivity index (χ3n) is 6.09. The molecule has 2 heteroatoms. The lowest BCUT2D eigenvalue weighted by molar-refractivity contribution is 0.0422. The molecule has 3 rings (SSSR count). The Morgan fingerprint density at radius 3 is 2.50 bits per heavy atom. The average molecular weight is 273 g/mol. The van der Waals surface area contributed by atoms with Gasteiger partial charge < -0.3 is 10.1 Å². The van der Waals surface area contributed by atoms with Crippen molar-refractivity contribution in [2.75, 3.05) is 19.7 Å². The zero-order valence-corrected chi connectivity index (χ0v) is 13.2. The first kappa shape index (κ1) is 14.1. The van der Waals surface area contributed by atoms with Crippen molar-refractivity contribution in [3.8, 4) is 0 Å². The molecule has 1 fully saturated rings. The second-order valence-corrected chi connectivity index (χ2v) is 7.46. The number of rotatable bonds is 4. The topological polar surface area (TPSA) is 21.3 Å². The molecule has 0 amide bonds. The van der Waals surface area contributed by atoms with E-state index < -0.39 is 0 Å². The van der Waals surface area contributed by atoms with Gasteiger partial charge in [-0.2, -0.15) is 0 Å². The quantitative estimate of drug-likeness (QED) is 0.905. The van der Waals surface area contributed by atoms with Gasteiger partial charge in [0.1, 0.15) is 0 Å². The maximum atomic E-state index is 5.95. The van der Waals surface area contributed by atoms with Crippen LogP contribution in [-0.4, -0.2) is 19.7 Å². The van der Waals surface area contributed by atoms with E-state index in [1.165, 1.54) is 11.1 Å². The Hall–Kier alpha value is -0.860. The molecule has 0 radical (unpaired) electrons. The molecule has 1 unspecified atom stereocenters. The van der Waals surface area contributed by atoms with E-state index >= 15 is 0 Å². The molecule has 20 heavy (non-hydrogen) atoms. The fourth-order valence-corrected chi connectivity index (χ4v) is 3.85. The minimum atomic E-state index is 0.227. The summed E-state index contributed by atoms with van der Waals surface area (Å²) in [5.74, 6) is 0.772. The Bertz CT molecular complexity index is 478. The molecular formula is C18H27NO. The summed E-state index contributed by atoms with van der Waals surface area (Å²) in [5, 5.41) is 3.64. The smallest absolute Gasteiger partial charge is 0.0952 e. The van der Waals surface area contributed by atoms with Gasteiger partial charge in [0.15, 0.2) is 0 Å². The highest BCUT2D eigenvalue weighted by atomic mass is 16.5. The maximum Gasteiger partial charge on any atom is 0.0952 e. The summed E-state index contributed by atoms with van der Waals surface area (Å²) >= 11 is 0. The van der Waals surface area contributed by atoms with E-state index in [9.17, 15) is 0 Å². The molecule has 1 aliphatic carbocycles. The molecular weight excluding hydrogens is 246 g/mol. The van der Waals surface area contributed by atoms with Gasteiger partial charge in [0.25, 0.3) is 0 Å². The standard InChI is InChI=1S/C18H27NO/c1-17(2)16(18(17,3)4)12-19-11-15-14-8-6-5-7-13(14)9-10-20-15/h5-8,15-16,19H,9-12H2,1-4H3. The number of benzene rings is 1. The molecule has 1 aromatic carbocycles. The van der Waals surface area contributed by atoms with Gasteiger partial charge in [0.05, 0.1) is 12.7 Å². The van der Waals surface area contributed by atoms with Crippen LogP contribution in [0.2, 0.25) is 0 Å². The van der Waals surface area contributed by atoms with Gasteiger partial charge in [-0.15, -0.1) is 0 Å². The SMILES string of the molecule is CC1(C)C(CNCC2OCCc3ccccc32)C1(C)C. The minimum absolute atomic E-state index is 0.227. The first-order valence-electron chi connectivity index (χ1n) is 7.84. The van der Waals surface area contributed by atoms with Crippen LogP contribution in [0.3, 0.4) is 0 Å². The van der Waals surface area contributed by atoms with Crippen LogP contribution in [0.4, 0.5) is 0 Å². The lowest BCUT2D eigenvalue weighted by atomic mass is 9.97. The molecule has 2 nitrogen and oxygen atoms in total. The number of nitrogens with one attached hydrogen (secondary N) is 1. The molecule has 0 saturated heterocycles. The van der Waals surface area contributed by atoms with Crippen molar-refractivity contribution in [2.45, 2.75) is 40.2 Å². The van der Waals surface area contributed by atoms with Crippen molar-refractivity contribution in [2.24, 2.45) is 16.7 Å². The Labute approximate surface area is 122 Å². The summed E-state index contributed by atoms with van der Waals surface area (Å²) in [6.45, 7) is 12.4. The van der Waals surface area contributed by atoms with Gasteiger partial charge in [-0.25, -0.2) is 0 Å². The monoisotopic (exact) mass is 273 g/mol. The van der Waals surface area contributed by atoms with Gasteiger partial charge in [0, 0.05) is 6.54 Å². The van der Waals surface area contributed by atoms with Crippen LogP contribution >= 0.6 is 0 Å². The third kappa shape index (κ3) is 2.19. The molecule has 1 aromatic rings. The molecule has 1 aliphatic heterocycles. The predicted octanol–water partition coefficient (Wildman–Crippen LogP) is 3.57. The lowest BCUT2D eigenvalue weighted by Crippen LogP contribution is -2.29. The number of hydrogen-bond donors (Lipinski definition) is 1. The van der Waals surface area contributed by atoms with Crippen molar-refractivity contribution in [3.63, 3.8) is 0 Å². The Morgan fingerprint density at radius 1 is 1.10 bits per heavy atom. The van der Waals surface area contributed by atoms with Crippen LogP contribution < -0.4 is 5.32 Å². The van der Waals surface area contributed by atoms with Gasteiger partial charge in [0.2, 0.25) is 0 Å². The highest BCUT2D eigenvalue weighted by Crippen LogP contribution is 2.67. The largest absolute Gasteiger partial charge is 0.372 e. The van der Waals surface area contributed by atoms with E-state index in [0.717, 1.165) is 32.0 Å². The normalized spacial score (nSPS) is 27.1. The highest BCUT2D eigenvalue weighted by Gasteiger charge is 2.63. The first-order chi connectivity index (χ1) is 9.44. The molecule has 0 aromatic heterocycles. The summed E-state index contributed by atoms with van der Waals surface area (Å²) < 4.78 is 5.95. The van der Waals surface area contributed by atoms with Gasteiger partial charge in [-0.1, -0.05) is 52.0 Å². The maximum absolute atomic E-state index is 5.95. The summed E-state index contributed by atoms with van der Waals surface area (Å²) in [6.07, 6.45) is 1.28. The van der Waals surface area contributed by atoms with Gasteiger partial charge in [-0.05, 0) is 40.8 Å². The zero-order chi connectivity index (χ0) is 14.4. The average Bonchev–Trinajstić information content (AvgIpc) is 2.81. The van der Waals surface area contributed by atoms with E-state index in [-0.39, 0.29) is 6.10 Å². The molecule has 0 bridgehead atoms. The Morgan fingerprint density at radius 2 is 1.80 bits per heavy atom. The fourth-order valence-electron chi connectivity index (χ4n) is 3.85. The van der Waals surface area contributed by atoms with E-state index in [0.29, 0.717) is 10.8 Å². The van der Waals surface area contributed by atoms with Crippen LogP contribution in [0.15, 0.2) is 24.3 Å². The molecule has 0 spiro atoms. The fraction of sp³-hybridized carbons (Fsp3) is 0.667. The molecule has 2 aliphatic rings. The van der Waals surface area contributed by atoms with Crippen LogP contribution in [0.25, 0.3) is 0 Å². The molecule has 1 N–H and O–H groups in total. The van der Waals surface area contributed by atoms with E-state index in [4.69, 9.17) is 4.74 Å². The van der Waals surface area contributed by atoms with Gasteiger partial charge >= 0.3 is 0 Å². The summed E-state index contributed by atoms with van der Waals surface area (Å²) in [4.78, 5) is 0. The van der Waals surface area contributed by atoms with Crippen molar-refractivity contribution >= 4 is 0 Å². The number of fused-ring (bicyclic) bond motifs is 1. The van der Waals surface area contributed by atoms with Crippen LogP contribution in [0.1, 0.15) is 44.9 Å². The first-order valence-corrected chi connectivity index (χ1v) is 7.84. The Kier molecular flexibility index (Phi) is 3.42. The zero-order valence-electron chi connectivity index (χ0n) is 13.2. The third-order valence-corrected chi connectivity index (χ3v) is 6.09. The Balaban J connectivity index is 1.56. The molecule has 110 valence electrons. The second kappa shape index (κ2) is 4.85. The molecule has 1 atom stereocenters. The van der Waals surface area contributed by atoms with E-state index in [1.54, 1.807) is 0 Å². The molecule has 1 heterocycles. The molecule has 1 saturated carbocycles. The number of hydrogen-bond acceptors (Lipinski definition) is 2. The summed E-state index contributed by atoms with van der Waals surface area (Å²) in [5.41, 5.74) is 3.76. The van der Waals surface area contributed by atoms with Crippen LogP contribution in [0.5, 0.6) is 0 Å². The van der Waals surface area contributed by atoms with Crippen LogP contribution in [-0.2, 0) is 11.2 Å². The van der Waals surface area contributed by atoms with Gasteiger partial charge in [-0.3, -0.25) is 0 Å². The van der Waals surface area contributed by atoms with Crippen LogP contribution in [0, 0.1) is 16.7 Å². The van der Waals surface area contributed by atoms with E-state index in [2.05, 4.69) is 57.3 Å². The van der Waals surface area contributed by atoms with Crippen molar-refractivity contribution in [3.05, 3.63) is 35.4 Å². The predicted molar refractivity (Wildman–Crippen MR) is 82.8 cm³/mol. The van der Waals surface area contributed by atoms with Crippen molar-refractivity contribution < 1.29 is 4.74 Å². The highest BCUT2D eigenvalue weighted by molar-refractivity contribution is 5.31. The van der Waals surface area contributed by atoms with Crippen molar-refractivity contribution in [1.29, 1.82) is 0 Å².